The Morgan fingerprint density at radius 3 is 2.22 bits per heavy atom. The molecule has 1 amide bonds. The van der Waals surface area contributed by atoms with E-state index < -0.39 is 0 Å². The SMILES string of the molecule is Cc1cccc(C)c1Nc1ccc(NC(=O)CCOc2ccccc2)nn1. The number of para-hydroxylation sites is 2. The summed E-state index contributed by atoms with van der Waals surface area (Å²) in [5.41, 5.74) is 3.28. The van der Waals surface area contributed by atoms with E-state index in [9.17, 15) is 4.79 Å². The second-order valence-electron chi connectivity index (χ2n) is 6.16. The number of nitrogens with one attached hydrogen (secondary N) is 2. The van der Waals surface area contributed by atoms with Crippen LogP contribution < -0.4 is 15.4 Å². The van der Waals surface area contributed by atoms with Crippen molar-refractivity contribution in [3.05, 3.63) is 71.8 Å². The minimum absolute atomic E-state index is 0.171. The van der Waals surface area contributed by atoms with E-state index >= 15 is 0 Å². The van der Waals surface area contributed by atoms with Crippen molar-refractivity contribution < 1.29 is 9.53 Å². The van der Waals surface area contributed by atoms with E-state index in [2.05, 4.69) is 20.8 Å². The van der Waals surface area contributed by atoms with Gasteiger partial charge < -0.3 is 15.4 Å². The first-order valence-corrected chi connectivity index (χ1v) is 8.76. The fourth-order valence-electron chi connectivity index (χ4n) is 2.59. The van der Waals surface area contributed by atoms with Crippen LogP contribution in [0.2, 0.25) is 0 Å². The van der Waals surface area contributed by atoms with E-state index in [0.717, 1.165) is 22.6 Å². The summed E-state index contributed by atoms with van der Waals surface area (Å²) in [5, 5.41) is 14.2. The molecule has 0 radical (unpaired) electrons. The number of amides is 1. The number of ether oxygens (including phenoxy) is 1. The molecule has 3 rings (SSSR count). The standard InChI is InChI=1S/C21H22N4O2/c1-15-7-6-8-16(2)21(15)23-19-12-11-18(24-25-19)22-20(26)13-14-27-17-9-4-3-5-10-17/h3-12H,13-14H2,1-2H3,(H,23,25)(H,22,24,26). The van der Waals surface area contributed by atoms with Gasteiger partial charge in [-0.15, -0.1) is 10.2 Å². The number of aryl methyl sites for hydroxylation is 2. The molecular formula is C21H22N4O2. The van der Waals surface area contributed by atoms with Gasteiger partial charge in [0, 0.05) is 5.69 Å². The monoisotopic (exact) mass is 362 g/mol. The van der Waals surface area contributed by atoms with Gasteiger partial charge in [-0.3, -0.25) is 4.79 Å². The van der Waals surface area contributed by atoms with Crippen LogP contribution in [0.5, 0.6) is 5.75 Å². The van der Waals surface area contributed by atoms with Gasteiger partial charge in [0.05, 0.1) is 13.0 Å². The van der Waals surface area contributed by atoms with Crippen molar-refractivity contribution in [3.63, 3.8) is 0 Å². The van der Waals surface area contributed by atoms with Gasteiger partial charge in [-0.25, -0.2) is 0 Å². The average Bonchev–Trinajstić information content (AvgIpc) is 2.67. The van der Waals surface area contributed by atoms with Crippen LogP contribution >= 0.6 is 0 Å². The number of benzene rings is 2. The summed E-state index contributed by atoms with van der Waals surface area (Å²) in [6.07, 6.45) is 0.235. The Bertz CT molecular complexity index is 876. The highest BCUT2D eigenvalue weighted by Gasteiger charge is 2.07. The third kappa shape index (κ3) is 5.28. The minimum Gasteiger partial charge on any atom is -0.493 e. The van der Waals surface area contributed by atoms with E-state index in [1.165, 1.54) is 0 Å². The molecule has 0 fully saturated rings. The number of nitrogens with zero attached hydrogens (tertiary/aromatic N) is 2. The molecule has 1 aromatic heterocycles. The maximum absolute atomic E-state index is 12.0. The van der Waals surface area contributed by atoms with Crippen LogP contribution in [0.3, 0.4) is 0 Å². The van der Waals surface area contributed by atoms with Gasteiger partial charge in [-0.05, 0) is 49.2 Å². The zero-order valence-electron chi connectivity index (χ0n) is 15.4. The molecule has 0 atom stereocenters. The van der Waals surface area contributed by atoms with E-state index in [0.29, 0.717) is 18.2 Å². The zero-order chi connectivity index (χ0) is 19.1. The molecule has 6 heteroatoms. The lowest BCUT2D eigenvalue weighted by atomic mass is 10.1. The molecular weight excluding hydrogens is 340 g/mol. The second kappa shape index (κ2) is 8.80. The maximum atomic E-state index is 12.0. The third-order valence-electron chi connectivity index (χ3n) is 4.01. The number of anilines is 3. The van der Waals surface area contributed by atoms with Gasteiger partial charge in [-0.2, -0.15) is 0 Å². The molecule has 0 aliphatic heterocycles. The highest BCUT2D eigenvalue weighted by Crippen LogP contribution is 2.23. The van der Waals surface area contributed by atoms with Gasteiger partial charge in [0.2, 0.25) is 5.91 Å². The fraction of sp³-hybridized carbons (Fsp3) is 0.190. The molecule has 0 spiro atoms. The molecule has 0 bridgehead atoms. The van der Waals surface area contributed by atoms with Crippen LogP contribution in [-0.4, -0.2) is 22.7 Å². The molecule has 3 aromatic rings. The van der Waals surface area contributed by atoms with E-state index in [4.69, 9.17) is 4.74 Å². The fourth-order valence-corrected chi connectivity index (χ4v) is 2.59. The minimum atomic E-state index is -0.171. The van der Waals surface area contributed by atoms with Crippen molar-refractivity contribution in [2.75, 3.05) is 17.2 Å². The molecule has 0 unspecified atom stereocenters. The Morgan fingerprint density at radius 2 is 1.56 bits per heavy atom. The van der Waals surface area contributed by atoms with Gasteiger partial charge in [0.15, 0.2) is 11.6 Å². The molecule has 1 heterocycles. The van der Waals surface area contributed by atoms with Gasteiger partial charge in [-0.1, -0.05) is 36.4 Å². The van der Waals surface area contributed by atoms with Crippen molar-refractivity contribution >= 4 is 23.2 Å². The molecule has 6 nitrogen and oxygen atoms in total. The number of hydrogen-bond acceptors (Lipinski definition) is 5. The molecule has 2 N–H and O–H groups in total. The zero-order valence-corrected chi connectivity index (χ0v) is 15.4. The van der Waals surface area contributed by atoms with Crippen LogP contribution in [0, 0.1) is 13.8 Å². The molecule has 0 aliphatic rings. The smallest absolute Gasteiger partial charge is 0.229 e. The Kier molecular flexibility index (Phi) is 5.99. The van der Waals surface area contributed by atoms with Crippen molar-refractivity contribution in [1.29, 1.82) is 0 Å². The summed E-state index contributed by atoms with van der Waals surface area (Å²) in [6, 6.07) is 19.0. The highest BCUT2D eigenvalue weighted by atomic mass is 16.5. The van der Waals surface area contributed by atoms with Crippen LogP contribution in [0.1, 0.15) is 17.5 Å². The van der Waals surface area contributed by atoms with Gasteiger partial charge in [0.25, 0.3) is 0 Å². The van der Waals surface area contributed by atoms with E-state index in [1.807, 2.05) is 62.4 Å². The third-order valence-corrected chi connectivity index (χ3v) is 4.01. The quantitative estimate of drug-likeness (QED) is 0.657. The second-order valence-corrected chi connectivity index (χ2v) is 6.16. The predicted octanol–water partition coefficient (Wildman–Crippen LogP) is 4.24. The van der Waals surface area contributed by atoms with Crippen LogP contribution in [0.25, 0.3) is 0 Å². The summed E-state index contributed by atoms with van der Waals surface area (Å²) >= 11 is 0. The molecule has 0 aliphatic carbocycles. The summed E-state index contributed by atoms with van der Waals surface area (Å²) in [5.74, 6) is 1.60. The summed E-state index contributed by atoms with van der Waals surface area (Å²) in [7, 11) is 0. The number of hydrogen-bond donors (Lipinski definition) is 2. The van der Waals surface area contributed by atoms with Crippen LogP contribution in [0.4, 0.5) is 17.3 Å². The summed E-state index contributed by atoms with van der Waals surface area (Å²) < 4.78 is 5.52. The Labute approximate surface area is 158 Å². The predicted molar refractivity (Wildman–Crippen MR) is 106 cm³/mol. The van der Waals surface area contributed by atoms with Crippen molar-refractivity contribution in [2.24, 2.45) is 0 Å². The Hall–Kier alpha value is -3.41. The normalized spacial score (nSPS) is 10.3. The van der Waals surface area contributed by atoms with Crippen LogP contribution in [-0.2, 0) is 4.79 Å². The first-order valence-electron chi connectivity index (χ1n) is 8.76. The lowest BCUT2D eigenvalue weighted by Gasteiger charge is -2.11. The molecule has 2 aromatic carbocycles. The number of carbonyl (C=O) groups excluding carboxylic acids is 1. The van der Waals surface area contributed by atoms with Gasteiger partial charge in [0.1, 0.15) is 5.75 Å². The maximum Gasteiger partial charge on any atom is 0.229 e. The number of aromatic nitrogens is 2. The van der Waals surface area contributed by atoms with Crippen LogP contribution in [0.15, 0.2) is 60.7 Å². The summed E-state index contributed by atoms with van der Waals surface area (Å²) in [6.45, 7) is 4.37. The lowest BCUT2D eigenvalue weighted by molar-refractivity contribution is -0.116. The molecule has 138 valence electrons. The van der Waals surface area contributed by atoms with Crippen molar-refractivity contribution in [2.45, 2.75) is 20.3 Å². The van der Waals surface area contributed by atoms with Crippen molar-refractivity contribution in [3.8, 4) is 5.75 Å². The largest absolute Gasteiger partial charge is 0.493 e. The Morgan fingerprint density at radius 1 is 0.889 bits per heavy atom. The molecule has 27 heavy (non-hydrogen) atoms. The van der Waals surface area contributed by atoms with E-state index in [1.54, 1.807) is 12.1 Å². The lowest BCUT2D eigenvalue weighted by Crippen LogP contribution is -2.16. The topological polar surface area (TPSA) is 76.1 Å². The summed E-state index contributed by atoms with van der Waals surface area (Å²) in [4.78, 5) is 12.0. The van der Waals surface area contributed by atoms with Crippen molar-refractivity contribution in [1.82, 2.24) is 10.2 Å². The van der Waals surface area contributed by atoms with E-state index in [-0.39, 0.29) is 12.3 Å². The molecule has 0 saturated carbocycles. The average molecular weight is 362 g/mol. The Balaban J connectivity index is 1.50. The first kappa shape index (κ1) is 18.4. The highest BCUT2D eigenvalue weighted by molar-refractivity contribution is 5.89. The van der Waals surface area contributed by atoms with Gasteiger partial charge >= 0.3 is 0 Å². The number of carbonyl (C=O) groups is 1. The molecule has 0 saturated heterocycles. The first-order chi connectivity index (χ1) is 13.1. The number of rotatable bonds is 7.